The number of rotatable bonds is 7. The lowest BCUT2D eigenvalue weighted by Crippen LogP contribution is -2.42. The van der Waals surface area contributed by atoms with Crippen molar-refractivity contribution in [1.29, 1.82) is 0 Å². The molecule has 0 bridgehead atoms. The molecule has 1 saturated heterocycles. The van der Waals surface area contributed by atoms with E-state index in [9.17, 15) is 14.4 Å². The first-order chi connectivity index (χ1) is 8.99. The third-order valence-electron chi connectivity index (χ3n) is 3.00. The van der Waals surface area contributed by atoms with Gasteiger partial charge in [-0.05, 0) is 25.7 Å². The highest BCUT2D eigenvalue weighted by molar-refractivity contribution is 5.84. The molecule has 7 nitrogen and oxygen atoms in total. The Morgan fingerprint density at radius 1 is 1.37 bits per heavy atom. The predicted octanol–water partition coefficient (Wildman–Crippen LogP) is -0.219. The topological polar surface area (TPSA) is 119 Å². The monoisotopic (exact) mass is 272 g/mol. The van der Waals surface area contributed by atoms with Crippen LogP contribution in [-0.2, 0) is 19.1 Å². The molecule has 1 aliphatic heterocycles. The Hall–Kier alpha value is -1.63. The van der Waals surface area contributed by atoms with Gasteiger partial charge in [-0.3, -0.25) is 9.59 Å². The minimum atomic E-state index is -1.17. The molecule has 1 rings (SSSR count). The van der Waals surface area contributed by atoms with Gasteiger partial charge in [0, 0.05) is 13.0 Å². The van der Waals surface area contributed by atoms with E-state index in [1.165, 1.54) is 0 Å². The third-order valence-corrected chi connectivity index (χ3v) is 3.00. The molecule has 2 atom stereocenters. The van der Waals surface area contributed by atoms with Gasteiger partial charge in [0.05, 0.1) is 12.5 Å². The van der Waals surface area contributed by atoms with Crippen molar-refractivity contribution in [2.24, 2.45) is 5.73 Å². The molecule has 0 spiro atoms. The number of aliphatic carboxylic acids is 1. The summed E-state index contributed by atoms with van der Waals surface area (Å²) in [5, 5.41) is 11.3. The van der Waals surface area contributed by atoms with Crippen LogP contribution in [0.5, 0.6) is 0 Å². The zero-order chi connectivity index (χ0) is 14.3. The van der Waals surface area contributed by atoms with Crippen LogP contribution >= 0.6 is 0 Å². The number of carboxylic acid groups (broad SMARTS) is 1. The fraction of sp³-hybridized carbons (Fsp3) is 0.750. The quantitative estimate of drug-likeness (QED) is 0.592. The summed E-state index contributed by atoms with van der Waals surface area (Å²) in [6.07, 6.45) is 2.77. The van der Waals surface area contributed by atoms with E-state index in [0.29, 0.717) is 6.61 Å². The smallest absolute Gasteiger partial charge is 0.326 e. The fourth-order valence-corrected chi connectivity index (χ4v) is 1.97. The molecule has 1 unspecified atom stereocenters. The van der Waals surface area contributed by atoms with Gasteiger partial charge in [-0.1, -0.05) is 0 Å². The maximum atomic E-state index is 11.7. The summed E-state index contributed by atoms with van der Waals surface area (Å²) in [6, 6.07) is -1.08. The lowest BCUT2D eigenvalue weighted by atomic mass is 10.1. The SMILES string of the molecule is NC(=O)CC[C@H](NC(=O)CC1CCCCO1)C(=O)O. The Bertz CT molecular complexity index is 339. The number of primary amides is 1. The van der Waals surface area contributed by atoms with Gasteiger partial charge in [0.25, 0.3) is 0 Å². The van der Waals surface area contributed by atoms with Crippen LogP contribution in [0.25, 0.3) is 0 Å². The van der Waals surface area contributed by atoms with Crippen LogP contribution in [0, 0.1) is 0 Å². The van der Waals surface area contributed by atoms with E-state index in [4.69, 9.17) is 15.6 Å². The summed E-state index contributed by atoms with van der Waals surface area (Å²) < 4.78 is 5.41. The minimum Gasteiger partial charge on any atom is -0.480 e. The van der Waals surface area contributed by atoms with E-state index < -0.39 is 17.9 Å². The molecule has 4 N–H and O–H groups in total. The maximum Gasteiger partial charge on any atom is 0.326 e. The predicted molar refractivity (Wildman–Crippen MR) is 66.2 cm³/mol. The van der Waals surface area contributed by atoms with Gasteiger partial charge >= 0.3 is 5.97 Å². The van der Waals surface area contributed by atoms with Crippen LogP contribution in [0.15, 0.2) is 0 Å². The second-order valence-corrected chi connectivity index (χ2v) is 4.66. The summed E-state index contributed by atoms with van der Waals surface area (Å²) in [5.41, 5.74) is 4.96. The van der Waals surface area contributed by atoms with Crippen molar-refractivity contribution in [3.05, 3.63) is 0 Å². The molecule has 1 aliphatic rings. The van der Waals surface area contributed by atoms with Gasteiger partial charge in [0.1, 0.15) is 6.04 Å². The van der Waals surface area contributed by atoms with E-state index in [0.717, 1.165) is 19.3 Å². The number of nitrogens with one attached hydrogen (secondary N) is 1. The summed E-state index contributed by atoms with van der Waals surface area (Å²) in [5.74, 6) is -2.13. The molecule has 19 heavy (non-hydrogen) atoms. The summed E-state index contributed by atoms with van der Waals surface area (Å²) in [7, 11) is 0. The second-order valence-electron chi connectivity index (χ2n) is 4.66. The van der Waals surface area contributed by atoms with Gasteiger partial charge in [-0.2, -0.15) is 0 Å². The first kappa shape index (κ1) is 15.4. The van der Waals surface area contributed by atoms with Gasteiger partial charge in [-0.15, -0.1) is 0 Å². The number of nitrogens with two attached hydrogens (primary N) is 1. The first-order valence-corrected chi connectivity index (χ1v) is 6.41. The molecule has 108 valence electrons. The Kier molecular flexibility index (Phi) is 6.27. The van der Waals surface area contributed by atoms with Crippen LogP contribution in [0.3, 0.4) is 0 Å². The fourth-order valence-electron chi connectivity index (χ4n) is 1.97. The normalized spacial score (nSPS) is 20.5. The van der Waals surface area contributed by atoms with Crippen LogP contribution in [0.1, 0.15) is 38.5 Å². The van der Waals surface area contributed by atoms with E-state index in [-0.39, 0.29) is 31.3 Å². The highest BCUT2D eigenvalue weighted by atomic mass is 16.5. The summed E-state index contributed by atoms with van der Waals surface area (Å²) in [4.78, 5) is 33.3. The Labute approximate surface area is 111 Å². The molecule has 0 radical (unpaired) electrons. The van der Waals surface area contributed by atoms with Crippen molar-refractivity contribution in [2.75, 3.05) is 6.61 Å². The summed E-state index contributed by atoms with van der Waals surface area (Å²) in [6.45, 7) is 0.641. The number of hydrogen-bond donors (Lipinski definition) is 3. The first-order valence-electron chi connectivity index (χ1n) is 6.41. The lowest BCUT2D eigenvalue weighted by molar-refractivity contribution is -0.142. The molecule has 1 fully saturated rings. The third kappa shape index (κ3) is 6.19. The second kappa shape index (κ2) is 7.73. The lowest BCUT2D eigenvalue weighted by Gasteiger charge is -2.23. The van der Waals surface area contributed by atoms with Crippen molar-refractivity contribution < 1.29 is 24.2 Å². The molecule has 7 heteroatoms. The Morgan fingerprint density at radius 3 is 2.63 bits per heavy atom. The highest BCUT2D eigenvalue weighted by Crippen LogP contribution is 2.15. The van der Waals surface area contributed by atoms with Crippen molar-refractivity contribution in [3.63, 3.8) is 0 Å². The molecular weight excluding hydrogens is 252 g/mol. The van der Waals surface area contributed by atoms with Crippen molar-refractivity contribution in [3.8, 4) is 0 Å². The molecule has 1 heterocycles. The number of hydrogen-bond acceptors (Lipinski definition) is 4. The number of carboxylic acids is 1. The number of amides is 2. The van der Waals surface area contributed by atoms with Gasteiger partial charge in [0.2, 0.25) is 11.8 Å². The van der Waals surface area contributed by atoms with Crippen molar-refractivity contribution >= 4 is 17.8 Å². The highest BCUT2D eigenvalue weighted by Gasteiger charge is 2.23. The minimum absolute atomic E-state index is 0.00192. The average molecular weight is 272 g/mol. The van der Waals surface area contributed by atoms with E-state index in [1.54, 1.807) is 0 Å². The molecule has 0 aromatic carbocycles. The number of carbonyl (C=O) groups is 3. The van der Waals surface area contributed by atoms with Crippen LogP contribution in [0.2, 0.25) is 0 Å². The maximum absolute atomic E-state index is 11.7. The van der Waals surface area contributed by atoms with Gasteiger partial charge in [-0.25, -0.2) is 4.79 Å². The van der Waals surface area contributed by atoms with Crippen molar-refractivity contribution in [2.45, 2.75) is 50.7 Å². The summed E-state index contributed by atoms with van der Waals surface area (Å²) >= 11 is 0. The average Bonchev–Trinajstić information content (AvgIpc) is 2.35. The van der Waals surface area contributed by atoms with Crippen LogP contribution < -0.4 is 11.1 Å². The van der Waals surface area contributed by atoms with Crippen LogP contribution in [-0.4, -0.2) is 41.6 Å². The molecule has 2 amide bonds. The standard InChI is InChI=1S/C12H20N2O5/c13-10(15)5-4-9(12(17)18)14-11(16)7-8-3-1-2-6-19-8/h8-9H,1-7H2,(H2,13,15)(H,14,16)(H,17,18)/t8?,9-/m0/s1. The van der Waals surface area contributed by atoms with Gasteiger partial charge < -0.3 is 20.9 Å². The van der Waals surface area contributed by atoms with E-state index >= 15 is 0 Å². The number of ether oxygens (including phenoxy) is 1. The molecule has 0 aliphatic carbocycles. The Balaban J connectivity index is 2.37. The molecule has 0 aromatic heterocycles. The van der Waals surface area contributed by atoms with E-state index in [2.05, 4.69) is 5.32 Å². The largest absolute Gasteiger partial charge is 0.480 e. The number of carbonyl (C=O) groups excluding carboxylic acids is 2. The Morgan fingerprint density at radius 2 is 2.11 bits per heavy atom. The molecule has 0 saturated carbocycles. The van der Waals surface area contributed by atoms with Crippen molar-refractivity contribution in [1.82, 2.24) is 5.32 Å². The molecular formula is C12H20N2O5. The molecule has 0 aromatic rings. The zero-order valence-corrected chi connectivity index (χ0v) is 10.8. The van der Waals surface area contributed by atoms with Gasteiger partial charge in [0.15, 0.2) is 0 Å². The van der Waals surface area contributed by atoms with E-state index in [1.807, 2.05) is 0 Å². The zero-order valence-electron chi connectivity index (χ0n) is 10.8. The van der Waals surface area contributed by atoms with Crippen LogP contribution in [0.4, 0.5) is 0 Å².